The molecule has 0 aliphatic rings. The predicted octanol–water partition coefficient (Wildman–Crippen LogP) is 2.82. The van der Waals surface area contributed by atoms with Crippen LogP contribution >= 0.6 is 11.6 Å². The molecule has 0 unspecified atom stereocenters. The van der Waals surface area contributed by atoms with Crippen molar-refractivity contribution in [3.63, 3.8) is 0 Å². The van der Waals surface area contributed by atoms with Crippen molar-refractivity contribution in [1.82, 2.24) is 4.98 Å². The van der Waals surface area contributed by atoms with Crippen molar-refractivity contribution in [1.29, 1.82) is 0 Å². The van der Waals surface area contributed by atoms with E-state index in [1.165, 1.54) is 24.4 Å². The number of benzene rings is 1. The molecule has 2 rings (SSSR count). The third kappa shape index (κ3) is 2.92. The van der Waals surface area contributed by atoms with E-state index < -0.39 is 5.82 Å². The van der Waals surface area contributed by atoms with Crippen molar-refractivity contribution < 1.29 is 13.9 Å². The number of amides is 1. The largest absolute Gasteiger partial charge is 0.453 e. The minimum atomic E-state index is -0.613. The van der Waals surface area contributed by atoms with Crippen LogP contribution in [0.2, 0.25) is 5.02 Å². The maximum atomic E-state index is 13.6. The summed E-state index contributed by atoms with van der Waals surface area (Å²) in [5.41, 5.74) is 5.72. The van der Waals surface area contributed by atoms with Crippen molar-refractivity contribution >= 4 is 29.5 Å². The first-order valence-electron chi connectivity index (χ1n) is 5.19. The van der Waals surface area contributed by atoms with E-state index in [0.29, 0.717) is 6.41 Å². The van der Waals surface area contributed by atoms with E-state index in [4.69, 9.17) is 22.1 Å². The van der Waals surface area contributed by atoms with Gasteiger partial charge in [-0.05, 0) is 12.1 Å². The van der Waals surface area contributed by atoms with Gasteiger partial charge < -0.3 is 15.8 Å². The Balaban J connectivity index is 2.33. The number of nitrogens with one attached hydrogen (secondary N) is 1. The maximum Gasteiger partial charge on any atom is 0.212 e. The summed E-state index contributed by atoms with van der Waals surface area (Å²) in [4.78, 5) is 14.2. The first kappa shape index (κ1) is 13.1. The summed E-state index contributed by atoms with van der Waals surface area (Å²) in [6.07, 6.45) is 1.81. The minimum absolute atomic E-state index is 0.0284. The van der Waals surface area contributed by atoms with E-state index >= 15 is 0 Å². The first-order valence-corrected chi connectivity index (χ1v) is 5.57. The van der Waals surface area contributed by atoms with Crippen molar-refractivity contribution in [2.45, 2.75) is 0 Å². The fourth-order valence-electron chi connectivity index (χ4n) is 1.38. The van der Waals surface area contributed by atoms with Crippen LogP contribution in [0, 0.1) is 5.82 Å². The van der Waals surface area contributed by atoms with Crippen LogP contribution in [0.4, 0.5) is 15.9 Å². The molecule has 1 amide bonds. The lowest BCUT2D eigenvalue weighted by molar-refractivity contribution is -0.105. The van der Waals surface area contributed by atoms with Gasteiger partial charge in [0.2, 0.25) is 6.41 Å². The zero-order valence-corrected chi connectivity index (χ0v) is 10.3. The Morgan fingerprint density at radius 3 is 2.84 bits per heavy atom. The molecule has 0 radical (unpaired) electrons. The normalized spacial score (nSPS) is 10.0. The Hall–Kier alpha value is -2.34. The summed E-state index contributed by atoms with van der Waals surface area (Å²) in [7, 11) is 0. The van der Waals surface area contributed by atoms with Gasteiger partial charge in [-0.2, -0.15) is 0 Å². The second-order valence-corrected chi connectivity index (χ2v) is 3.90. The van der Waals surface area contributed by atoms with E-state index in [-0.39, 0.29) is 28.0 Å². The SMILES string of the molecule is Nc1ccc(Oc2ccnc(NC=O)c2Cl)c(F)c1. The molecular weight excluding hydrogens is 273 g/mol. The van der Waals surface area contributed by atoms with Crippen LogP contribution in [-0.2, 0) is 4.79 Å². The van der Waals surface area contributed by atoms with Crippen LogP contribution in [0.25, 0.3) is 0 Å². The number of pyridine rings is 1. The number of hydrogen-bond donors (Lipinski definition) is 2. The van der Waals surface area contributed by atoms with Crippen molar-refractivity contribution in [3.05, 3.63) is 41.3 Å². The van der Waals surface area contributed by atoms with E-state index in [2.05, 4.69) is 10.3 Å². The van der Waals surface area contributed by atoms with Crippen LogP contribution < -0.4 is 15.8 Å². The first-order chi connectivity index (χ1) is 9.11. The van der Waals surface area contributed by atoms with Crippen LogP contribution in [0.3, 0.4) is 0 Å². The molecule has 0 spiro atoms. The molecule has 5 nitrogen and oxygen atoms in total. The number of rotatable bonds is 4. The molecule has 3 N–H and O–H groups in total. The second kappa shape index (κ2) is 5.53. The van der Waals surface area contributed by atoms with Gasteiger partial charge in [0, 0.05) is 24.0 Å². The molecular formula is C12H9ClFN3O2. The molecule has 0 aliphatic heterocycles. The van der Waals surface area contributed by atoms with E-state index in [0.717, 1.165) is 6.07 Å². The topological polar surface area (TPSA) is 77.2 Å². The van der Waals surface area contributed by atoms with Crippen LogP contribution in [0.15, 0.2) is 30.5 Å². The van der Waals surface area contributed by atoms with Gasteiger partial charge in [-0.3, -0.25) is 4.79 Å². The van der Waals surface area contributed by atoms with E-state index in [1.54, 1.807) is 0 Å². The summed E-state index contributed by atoms with van der Waals surface area (Å²) in [5, 5.41) is 2.38. The van der Waals surface area contributed by atoms with Crippen molar-refractivity contribution in [2.75, 3.05) is 11.1 Å². The number of carbonyl (C=O) groups is 1. The summed E-state index contributed by atoms with van der Waals surface area (Å²) >= 11 is 5.97. The number of nitrogen functional groups attached to an aromatic ring is 1. The number of hydrogen-bond acceptors (Lipinski definition) is 4. The predicted molar refractivity (Wildman–Crippen MR) is 69.8 cm³/mol. The molecule has 1 aromatic heterocycles. The number of anilines is 2. The third-order valence-corrected chi connectivity index (χ3v) is 2.59. The Bertz CT molecular complexity index is 622. The Morgan fingerprint density at radius 2 is 2.16 bits per heavy atom. The average Bonchev–Trinajstić information content (AvgIpc) is 2.37. The molecule has 19 heavy (non-hydrogen) atoms. The van der Waals surface area contributed by atoms with Crippen molar-refractivity contribution in [3.8, 4) is 11.5 Å². The number of aromatic nitrogens is 1. The van der Waals surface area contributed by atoms with Gasteiger partial charge in [-0.1, -0.05) is 11.6 Å². The summed E-state index contributed by atoms with van der Waals surface area (Å²) < 4.78 is 18.9. The highest BCUT2D eigenvalue weighted by Crippen LogP contribution is 2.34. The molecule has 0 saturated heterocycles. The fraction of sp³-hybridized carbons (Fsp3) is 0. The molecule has 0 saturated carbocycles. The quantitative estimate of drug-likeness (QED) is 0.667. The van der Waals surface area contributed by atoms with Crippen molar-refractivity contribution in [2.24, 2.45) is 0 Å². The molecule has 0 atom stereocenters. The van der Waals surface area contributed by atoms with Gasteiger partial charge in [-0.25, -0.2) is 9.37 Å². The molecule has 0 bridgehead atoms. The lowest BCUT2D eigenvalue weighted by Gasteiger charge is -2.10. The molecule has 1 heterocycles. The number of carbonyl (C=O) groups excluding carboxylic acids is 1. The highest BCUT2D eigenvalue weighted by molar-refractivity contribution is 6.34. The number of nitrogens with two attached hydrogens (primary N) is 1. The Morgan fingerprint density at radius 1 is 1.37 bits per heavy atom. The average molecular weight is 282 g/mol. The highest BCUT2D eigenvalue weighted by Gasteiger charge is 2.11. The zero-order chi connectivity index (χ0) is 13.8. The molecule has 1 aromatic carbocycles. The zero-order valence-electron chi connectivity index (χ0n) is 9.56. The number of nitrogens with zero attached hydrogens (tertiary/aromatic N) is 1. The smallest absolute Gasteiger partial charge is 0.212 e. The van der Waals surface area contributed by atoms with Gasteiger partial charge in [0.25, 0.3) is 0 Å². The van der Waals surface area contributed by atoms with Crippen LogP contribution in [0.1, 0.15) is 0 Å². The maximum absolute atomic E-state index is 13.6. The minimum Gasteiger partial charge on any atom is -0.453 e. The monoisotopic (exact) mass is 281 g/mol. The third-order valence-electron chi connectivity index (χ3n) is 2.23. The van der Waals surface area contributed by atoms with Gasteiger partial charge in [-0.15, -0.1) is 0 Å². The van der Waals surface area contributed by atoms with Crippen LogP contribution in [0.5, 0.6) is 11.5 Å². The summed E-state index contributed by atoms with van der Waals surface area (Å²) in [6.45, 7) is 0. The highest BCUT2D eigenvalue weighted by atomic mass is 35.5. The lowest BCUT2D eigenvalue weighted by Crippen LogP contribution is -1.99. The molecule has 0 fully saturated rings. The molecule has 98 valence electrons. The molecule has 7 heteroatoms. The number of ether oxygens (including phenoxy) is 1. The fourth-order valence-corrected chi connectivity index (χ4v) is 1.58. The summed E-state index contributed by atoms with van der Waals surface area (Å²) in [6, 6.07) is 5.47. The van der Waals surface area contributed by atoms with E-state index in [9.17, 15) is 9.18 Å². The molecule has 2 aromatic rings. The Kier molecular flexibility index (Phi) is 3.82. The van der Waals surface area contributed by atoms with Crippen LogP contribution in [-0.4, -0.2) is 11.4 Å². The standard InChI is InChI=1S/C12H9ClFN3O2/c13-11-10(3-4-16-12(11)17-6-18)19-9-2-1-7(15)5-8(9)14/h1-6H,15H2,(H,16,17,18). The van der Waals surface area contributed by atoms with Gasteiger partial charge in [0.05, 0.1) is 0 Å². The van der Waals surface area contributed by atoms with Gasteiger partial charge in [0.1, 0.15) is 5.02 Å². The number of halogens is 2. The van der Waals surface area contributed by atoms with Gasteiger partial charge in [0.15, 0.2) is 23.1 Å². The van der Waals surface area contributed by atoms with Gasteiger partial charge >= 0.3 is 0 Å². The molecule has 0 aliphatic carbocycles. The lowest BCUT2D eigenvalue weighted by atomic mass is 10.3. The second-order valence-electron chi connectivity index (χ2n) is 3.53. The van der Waals surface area contributed by atoms with E-state index in [1.807, 2.05) is 0 Å². The Labute approximate surface area is 113 Å². The summed E-state index contributed by atoms with van der Waals surface area (Å²) in [5.74, 6) is -0.341.